The monoisotopic (exact) mass is 110 g/mol. The molecule has 44 valence electrons. The molecule has 0 fully saturated rings. The first kappa shape index (κ1) is 7.08. The lowest BCUT2D eigenvalue weighted by Gasteiger charge is -1.69. The number of nitrogens with zero attached hydrogens (tertiary/aromatic N) is 2. The van der Waals surface area contributed by atoms with Gasteiger partial charge in [0.15, 0.2) is 0 Å². The van der Waals surface area contributed by atoms with E-state index in [9.17, 15) is 0 Å². The maximum absolute atomic E-state index is 3.78. The van der Waals surface area contributed by atoms with Crippen LogP contribution in [0.5, 0.6) is 0 Å². The topological polar surface area (TPSA) is 24.7 Å². The second-order valence-electron chi connectivity index (χ2n) is 1.20. The van der Waals surface area contributed by atoms with Gasteiger partial charge in [0, 0.05) is 13.3 Å². The van der Waals surface area contributed by atoms with Crippen molar-refractivity contribution in [2.45, 2.75) is 6.92 Å². The SMILES string of the molecule is C/C=C/C=NC=NC. The van der Waals surface area contributed by atoms with Crippen LogP contribution in [-0.2, 0) is 0 Å². The van der Waals surface area contributed by atoms with Crippen molar-refractivity contribution in [3.05, 3.63) is 12.2 Å². The third-order valence-corrected chi connectivity index (χ3v) is 0.547. The van der Waals surface area contributed by atoms with Gasteiger partial charge in [-0.25, -0.2) is 4.99 Å². The molecule has 0 heterocycles. The van der Waals surface area contributed by atoms with Crippen LogP contribution >= 0.6 is 0 Å². The van der Waals surface area contributed by atoms with Crippen molar-refractivity contribution >= 4 is 12.6 Å². The van der Waals surface area contributed by atoms with Gasteiger partial charge in [-0.3, -0.25) is 4.99 Å². The Morgan fingerprint density at radius 3 is 2.62 bits per heavy atom. The molecule has 0 N–H and O–H groups in total. The Kier molecular flexibility index (Phi) is 5.38. The average molecular weight is 110 g/mol. The molecule has 0 saturated heterocycles. The molecule has 0 atom stereocenters. The lowest BCUT2D eigenvalue weighted by molar-refractivity contribution is 1.45. The van der Waals surface area contributed by atoms with Crippen LogP contribution in [0.4, 0.5) is 0 Å². The van der Waals surface area contributed by atoms with Crippen molar-refractivity contribution in [1.29, 1.82) is 0 Å². The first-order valence-electron chi connectivity index (χ1n) is 2.47. The summed E-state index contributed by atoms with van der Waals surface area (Å²) in [4.78, 5) is 7.43. The summed E-state index contributed by atoms with van der Waals surface area (Å²) in [6.07, 6.45) is 6.95. The van der Waals surface area contributed by atoms with Crippen LogP contribution in [0.1, 0.15) is 6.92 Å². The summed E-state index contributed by atoms with van der Waals surface area (Å²) >= 11 is 0. The Morgan fingerprint density at radius 2 is 2.12 bits per heavy atom. The first-order valence-corrected chi connectivity index (χ1v) is 2.47. The fourth-order valence-corrected chi connectivity index (χ4v) is 0.241. The summed E-state index contributed by atoms with van der Waals surface area (Å²) in [6.45, 7) is 1.94. The van der Waals surface area contributed by atoms with Crippen molar-refractivity contribution in [3.63, 3.8) is 0 Å². The molecule has 0 unspecified atom stereocenters. The quantitative estimate of drug-likeness (QED) is 0.378. The third-order valence-electron chi connectivity index (χ3n) is 0.547. The van der Waals surface area contributed by atoms with Crippen molar-refractivity contribution in [1.82, 2.24) is 0 Å². The highest BCUT2D eigenvalue weighted by Gasteiger charge is 1.56. The molecule has 0 aliphatic heterocycles. The van der Waals surface area contributed by atoms with E-state index in [1.54, 1.807) is 13.3 Å². The molecule has 0 radical (unpaired) electrons. The smallest absolute Gasteiger partial charge is 0.109 e. The summed E-state index contributed by atoms with van der Waals surface area (Å²) in [6, 6.07) is 0. The van der Waals surface area contributed by atoms with E-state index in [0.717, 1.165) is 0 Å². The lowest BCUT2D eigenvalue weighted by atomic mass is 10.6. The molecule has 0 rings (SSSR count). The zero-order valence-corrected chi connectivity index (χ0v) is 5.20. The Morgan fingerprint density at radius 1 is 1.38 bits per heavy atom. The number of hydrogen-bond acceptors (Lipinski definition) is 1. The minimum absolute atomic E-state index is 1.50. The minimum Gasteiger partial charge on any atom is -0.277 e. The molecule has 2 heteroatoms. The van der Waals surface area contributed by atoms with Gasteiger partial charge in [-0.2, -0.15) is 0 Å². The Bertz CT molecular complexity index is 97.7. The normalized spacial score (nSPS) is 12.8. The highest BCUT2D eigenvalue weighted by atomic mass is 14.8. The predicted octanol–water partition coefficient (Wildman–Crippen LogP) is 1.29. The summed E-state index contributed by atoms with van der Waals surface area (Å²) in [5, 5.41) is 0. The van der Waals surface area contributed by atoms with Crippen molar-refractivity contribution in [2.24, 2.45) is 9.98 Å². The van der Waals surface area contributed by atoms with Crippen molar-refractivity contribution in [2.75, 3.05) is 7.05 Å². The van der Waals surface area contributed by atoms with Gasteiger partial charge in [-0.1, -0.05) is 6.08 Å². The summed E-state index contributed by atoms with van der Waals surface area (Å²) in [7, 11) is 1.69. The molecule has 0 aromatic heterocycles. The van der Waals surface area contributed by atoms with E-state index in [1.165, 1.54) is 6.34 Å². The molecule has 0 bridgehead atoms. The van der Waals surface area contributed by atoms with Gasteiger partial charge < -0.3 is 0 Å². The second kappa shape index (κ2) is 6.08. The van der Waals surface area contributed by atoms with Crippen LogP contribution in [0.2, 0.25) is 0 Å². The highest BCUT2D eigenvalue weighted by Crippen LogP contribution is 1.63. The fraction of sp³-hybridized carbons (Fsp3) is 0.333. The number of allylic oxidation sites excluding steroid dienone is 2. The van der Waals surface area contributed by atoms with E-state index in [2.05, 4.69) is 9.98 Å². The van der Waals surface area contributed by atoms with Crippen LogP contribution in [0.3, 0.4) is 0 Å². The van der Waals surface area contributed by atoms with Gasteiger partial charge in [-0.15, -0.1) is 0 Å². The Labute approximate surface area is 49.7 Å². The van der Waals surface area contributed by atoms with Crippen LogP contribution in [0.15, 0.2) is 22.1 Å². The third kappa shape index (κ3) is 5.08. The number of rotatable bonds is 2. The van der Waals surface area contributed by atoms with Gasteiger partial charge in [0.05, 0.1) is 0 Å². The molecule has 0 aromatic rings. The van der Waals surface area contributed by atoms with Crippen molar-refractivity contribution in [3.8, 4) is 0 Å². The summed E-state index contributed by atoms with van der Waals surface area (Å²) < 4.78 is 0. The number of hydrogen-bond donors (Lipinski definition) is 0. The first-order chi connectivity index (χ1) is 3.91. The molecular formula is C6H10N2. The highest BCUT2D eigenvalue weighted by molar-refractivity contribution is 5.79. The molecule has 0 saturated carbocycles. The average Bonchev–Trinajstić information content (AvgIpc) is 1.81. The van der Waals surface area contributed by atoms with Crippen LogP contribution in [-0.4, -0.2) is 19.6 Å². The second-order valence-corrected chi connectivity index (χ2v) is 1.20. The molecule has 0 amide bonds. The van der Waals surface area contributed by atoms with E-state index in [-0.39, 0.29) is 0 Å². The van der Waals surface area contributed by atoms with E-state index in [4.69, 9.17) is 0 Å². The van der Waals surface area contributed by atoms with Gasteiger partial charge in [-0.05, 0) is 13.0 Å². The molecule has 0 aromatic carbocycles. The van der Waals surface area contributed by atoms with Gasteiger partial charge in [0.25, 0.3) is 0 Å². The zero-order valence-electron chi connectivity index (χ0n) is 5.20. The maximum Gasteiger partial charge on any atom is 0.109 e. The Hall–Kier alpha value is -0.920. The van der Waals surface area contributed by atoms with Crippen LogP contribution in [0, 0.1) is 0 Å². The standard InChI is InChI=1S/C6H10N2/c1-3-4-5-8-6-7-2/h3-6H,1-2H3/b4-3+,7-6?,8-5?. The molecule has 2 nitrogen and oxygen atoms in total. The largest absolute Gasteiger partial charge is 0.277 e. The molecular weight excluding hydrogens is 100 g/mol. The van der Waals surface area contributed by atoms with Crippen LogP contribution in [0.25, 0.3) is 0 Å². The summed E-state index contributed by atoms with van der Waals surface area (Å²) in [5.74, 6) is 0. The molecule has 0 spiro atoms. The maximum atomic E-state index is 3.78. The fourth-order valence-electron chi connectivity index (χ4n) is 0.241. The Balaban J connectivity index is 3.35. The van der Waals surface area contributed by atoms with Gasteiger partial charge in [0.1, 0.15) is 6.34 Å². The molecule has 8 heavy (non-hydrogen) atoms. The number of aliphatic imine (C=N–C) groups is 2. The molecule has 0 aliphatic rings. The van der Waals surface area contributed by atoms with Gasteiger partial charge >= 0.3 is 0 Å². The van der Waals surface area contributed by atoms with Crippen molar-refractivity contribution < 1.29 is 0 Å². The minimum atomic E-state index is 1.50. The lowest BCUT2D eigenvalue weighted by Crippen LogP contribution is -1.65. The molecule has 0 aliphatic carbocycles. The van der Waals surface area contributed by atoms with E-state index < -0.39 is 0 Å². The predicted molar refractivity (Wildman–Crippen MR) is 37.7 cm³/mol. The van der Waals surface area contributed by atoms with E-state index >= 15 is 0 Å². The zero-order chi connectivity index (χ0) is 6.24. The summed E-state index contributed by atoms with van der Waals surface area (Å²) in [5.41, 5.74) is 0. The van der Waals surface area contributed by atoms with E-state index in [0.29, 0.717) is 0 Å². The van der Waals surface area contributed by atoms with Crippen LogP contribution < -0.4 is 0 Å². The van der Waals surface area contributed by atoms with Gasteiger partial charge in [0.2, 0.25) is 0 Å². The van der Waals surface area contributed by atoms with E-state index in [1.807, 2.05) is 19.1 Å².